The highest BCUT2D eigenvalue weighted by molar-refractivity contribution is 7.13. The Balaban J connectivity index is 2.14. The second-order valence-electron chi connectivity index (χ2n) is 4.08. The number of hydrogen-bond donors (Lipinski definition) is 0. The molecule has 0 N–H and O–H groups in total. The Morgan fingerprint density at radius 1 is 1.47 bits per heavy atom. The second-order valence-corrected chi connectivity index (χ2v) is 4.94. The zero-order chi connectivity index (χ0) is 13.7. The maximum Gasteiger partial charge on any atom is 0.305 e. The predicted octanol–water partition coefficient (Wildman–Crippen LogP) is 2.87. The predicted molar refractivity (Wildman–Crippen MR) is 75.1 cm³/mol. The van der Waals surface area contributed by atoms with E-state index in [1.54, 1.807) is 17.5 Å². The Labute approximate surface area is 116 Å². The number of methoxy groups -OCH3 is 1. The average molecular weight is 276 g/mol. The van der Waals surface area contributed by atoms with Gasteiger partial charge in [0, 0.05) is 18.0 Å². The molecule has 0 amide bonds. The number of aromatic nitrogens is 2. The van der Waals surface area contributed by atoms with Gasteiger partial charge in [0.25, 0.3) is 0 Å². The van der Waals surface area contributed by atoms with E-state index in [0.717, 1.165) is 22.8 Å². The normalized spacial score (nSPS) is 10.4. The monoisotopic (exact) mass is 276 g/mol. The first kappa shape index (κ1) is 13.7. The summed E-state index contributed by atoms with van der Waals surface area (Å²) in [5.74, 6) is -0.207. The van der Waals surface area contributed by atoms with Crippen molar-refractivity contribution in [2.45, 2.75) is 26.2 Å². The number of carbonyl (C=O) groups excluding carboxylic acids is 1. The SMILES string of the molecule is CCc1cccnc1-c1nc(CCC(=O)OC)cs1. The van der Waals surface area contributed by atoms with Crippen LogP contribution in [0.5, 0.6) is 0 Å². The number of carbonyl (C=O) groups is 1. The van der Waals surface area contributed by atoms with E-state index in [0.29, 0.717) is 12.8 Å². The maximum atomic E-state index is 11.1. The largest absolute Gasteiger partial charge is 0.469 e. The summed E-state index contributed by atoms with van der Waals surface area (Å²) >= 11 is 1.57. The van der Waals surface area contributed by atoms with Gasteiger partial charge in [0.2, 0.25) is 0 Å². The number of hydrogen-bond acceptors (Lipinski definition) is 5. The van der Waals surface area contributed by atoms with Gasteiger partial charge in [-0.25, -0.2) is 4.98 Å². The third-order valence-corrected chi connectivity index (χ3v) is 3.74. The molecule has 2 heterocycles. The van der Waals surface area contributed by atoms with Crippen LogP contribution in [0.15, 0.2) is 23.7 Å². The number of aryl methyl sites for hydroxylation is 2. The fourth-order valence-electron chi connectivity index (χ4n) is 1.78. The van der Waals surface area contributed by atoms with Crippen molar-refractivity contribution in [3.63, 3.8) is 0 Å². The molecule has 2 aromatic heterocycles. The Morgan fingerprint density at radius 2 is 2.32 bits per heavy atom. The van der Waals surface area contributed by atoms with Crippen LogP contribution in [0.25, 0.3) is 10.7 Å². The van der Waals surface area contributed by atoms with Crippen LogP contribution in [-0.4, -0.2) is 23.0 Å². The third-order valence-electron chi connectivity index (χ3n) is 2.84. The number of esters is 1. The molecule has 0 saturated heterocycles. The molecule has 2 rings (SSSR count). The molecule has 0 fully saturated rings. The summed E-state index contributed by atoms with van der Waals surface area (Å²) in [5.41, 5.74) is 3.05. The van der Waals surface area contributed by atoms with Crippen molar-refractivity contribution < 1.29 is 9.53 Å². The Kier molecular flexibility index (Phi) is 4.63. The van der Waals surface area contributed by atoms with Crippen LogP contribution in [0.3, 0.4) is 0 Å². The van der Waals surface area contributed by atoms with Crippen LogP contribution in [0.1, 0.15) is 24.6 Å². The summed E-state index contributed by atoms with van der Waals surface area (Å²) < 4.78 is 4.62. The lowest BCUT2D eigenvalue weighted by molar-refractivity contribution is -0.140. The van der Waals surface area contributed by atoms with E-state index in [4.69, 9.17) is 0 Å². The van der Waals surface area contributed by atoms with E-state index in [1.807, 2.05) is 11.4 Å². The highest BCUT2D eigenvalue weighted by Gasteiger charge is 2.10. The lowest BCUT2D eigenvalue weighted by Crippen LogP contribution is -2.02. The maximum absolute atomic E-state index is 11.1. The lowest BCUT2D eigenvalue weighted by atomic mass is 10.1. The van der Waals surface area contributed by atoms with Crippen LogP contribution in [0, 0.1) is 0 Å². The molecule has 100 valence electrons. The number of thiazole rings is 1. The molecule has 0 bridgehead atoms. The first-order valence-corrected chi connectivity index (χ1v) is 7.08. The molecule has 0 aliphatic rings. The van der Waals surface area contributed by atoms with Crippen LogP contribution < -0.4 is 0 Å². The quantitative estimate of drug-likeness (QED) is 0.788. The molecular formula is C14H16N2O2S. The first-order valence-electron chi connectivity index (χ1n) is 6.20. The highest BCUT2D eigenvalue weighted by atomic mass is 32.1. The minimum Gasteiger partial charge on any atom is -0.469 e. The van der Waals surface area contributed by atoms with Crippen LogP contribution >= 0.6 is 11.3 Å². The third kappa shape index (κ3) is 3.38. The van der Waals surface area contributed by atoms with Gasteiger partial charge in [-0.2, -0.15) is 0 Å². The van der Waals surface area contributed by atoms with E-state index in [2.05, 4.69) is 27.7 Å². The van der Waals surface area contributed by atoms with Crippen molar-refractivity contribution in [2.24, 2.45) is 0 Å². The standard InChI is InChI=1S/C14H16N2O2S/c1-3-10-5-4-8-15-13(10)14-16-11(9-19-14)6-7-12(17)18-2/h4-5,8-9H,3,6-7H2,1-2H3. The molecule has 0 saturated carbocycles. The van der Waals surface area contributed by atoms with Crippen LogP contribution in [0.4, 0.5) is 0 Å². The molecule has 0 atom stereocenters. The number of pyridine rings is 1. The summed E-state index contributed by atoms with van der Waals surface area (Å²) in [6.07, 6.45) is 3.68. The van der Waals surface area contributed by atoms with Gasteiger partial charge in [0.1, 0.15) is 10.7 Å². The van der Waals surface area contributed by atoms with Gasteiger partial charge in [-0.15, -0.1) is 11.3 Å². The Hall–Kier alpha value is -1.75. The summed E-state index contributed by atoms with van der Waals surface area (Å²) in [6.45, 7) is 2.10. The van der Waals surface area contributed by atoms with E-state index in [1.165, 1.54) is 12.7 Å². The van der Waals surface area contributed by atoms with Gasteiger partial charge in [-0.05, 0) is 18.1 Å². The van der Waals surface area contributed by atoms with Gasteiger partial charge in [-0.1, -0.05) is 13.0 Å². The molecule has 0 aromatic carbocycles. The zero-order valence-corrected chi connectivity index (χ0v) is 11.9. The van der Waals surface area contributed by atoms with Crippen molar-refractivity contribution in [3.05, 3.63) is 35.0 Å². The van der Waals surface area contributed by atoms with Crippen molar-refractivity contribution in [1.82, 2.24) is 9.97 Å². The minimum absolute atomic E-state index is 0.207. The summed E-state index contributed by atoms with van der Waals surface area (Å²) in [7, 11) is 1.40. The van der Waals surface area contributed by atoms with Gasteiger partial charge >= 0.3 is 5.97 Å². The van der Waals surface area contributed by atoms with Crippen molar-refractivity contribution in [1.29, 1.82) is 0 Å². The van der Waals surface area contributed by atoms with E-state index >= 15 is 0 Å². The van der Waals surface area contributed by atoms with E-state index in [-0.39, 0.29) is 5.97 Å². The van der Waals surface area contributed by atoms with E-state index in [9.17, 15) is 4.79 Å². The van der Waals surface area contributed by atoms with Gasteiger partial charge in [0.05, 0.1) is 19.2 Å². The lowest BCUT2D eigenvalue weighted by Gasteiger charge is -2.02. The van der Waals surface area contributed by atoms with E-state index < -0.39 is 0 Å². The fourth-order valence-corrected chi connectivity index (χ4v) is 2.66. The summed E-state index contributed by atoms with van der Waals surface area (Å²) in [6, 6.07) is 4.01. The number of ether oxygens (including phenoxy) is 1. The molecular weight excluding hydrogens is 260 g/mol. The molecule has 19 heavy (non-hydrogen) atoms. The summed E-state index contributed by atoms with van der Waals surface area (Å²) in [4.78, 5) is 20.0. The molecule has 0 aliphatic heterocycles. The average Bonchev–Trinajstić information content (AvgIpc) is 2.93. The van der Waals surface area contributed by atoms with Crippen molar-refractivity contribution in [2.75, 3.05) is 7.11 Å². The minimum atomic E-state index is -0.207. The van der Waals surface area contributed by atoms with Crippen LogP contribution in [0.2, 0.25) is 0 Å². The van der Waals surface area contributed by atoms with Crippen molar-refractivity contribution >= 4 is 17.3 Å². The molecule has 2 aromatic rings. The summed E-state index contributed by atoms with van der Waals surface area (Å²) in [5, 5.41) is 2.89. The van der Waals surface area contributed by atoms with Gasteiger partial charge in [0.15, 0.2) is 0 Å². The fraction of sp³-hybridized carbons (Fsp3) is 0.357. The Bertz CT molecular complexity index is 566. The van der Waals surface area contributed by atoms with Crippen LogP contribution in [-0.2, 0) is 22.4 Å². The number of nitrogens with zero attached hydrogens (tertiary/aromatic N) is 2. The first-order chi connectivity index (χ1) is 9.24. The molecule has 0 unspecified atom stereocenters. The molecule has 0 radical (unpaired) electrons. The van der Waals surface area contributed by atoms with Crippen molar-refractivity contribution in [3.8, 4) is 10.7 Å². The van der Waals surface area contributed by atoms with Gasteiger partial charge < -0.3 is 4.74 Å². The Morgan fingerprint density at radius 3 is 3.05 bits per heavy atom. The smallest absolute Gasteiger partial charge is 0.305 e. The molecule has 0 spiro atoms. The second kappa shape index (κ2) is 6.43. The topological polar surface area (TPSA) is 52.1 Å². The van der Waals surface area contributed by atoms with Gasteiger partial charge in [-0.3, -0.25) is 9.78 Å². The molecule has 5 heteroatoms. The molecule has 0 aliphatic carbocycles. The molecule has 4 nitrogen and oxygen atoms in total. The number of rotatable bonds is 5. The zero-order valence-electron chi connectivity index (χ0n) is 11.0. The highest BCUT2D eigenvalue weighted by Crippen LogP contribution is 2.25.